The highest BCUT2D eigenvalue weighted by atomic mass is 19.1. The number of carbonyl (C=O) groups excluding carboxylic acids is 3. The average molecular weight is 349 g/mol. The zero-order chi connectivity index (χ0) is 18.1. The summed E-state index contributed by atoms with van der Waals surface area (Å²) in [6, 6.07) is 4.66. The van der Waals surface area contributed by atoms with Gasteiger partial charge in [-0.3, -0.25) is 19.4 Å². The standard InChI is InChI=1S/C16H20FN5O3/c1-10(23)22-14-8-20(16(25)9-21(14)15(24)6-19-22)7-11-12(17)4-3-5-13(11)18-2/h3-5,14,18-19H,6-9H2,1-2H3. The van der Waals surface area contributed by atoms with E-state index in [1.165, 1.54) is 27.8 Å². The first-order valence-electron chi connectivity index (χ1n) is 7.98. The molecule has 0 saturated carbocycles. The summed E-state index contributed by atoms with van der Waals surface area (Å²) in [4.78, 5) is 39.2. The third kappa shape index (κ3) is 3.14. The number of carbonyl (C=O) groups is 3. The van der Waals surface area contributed by atoms with Crippen molar-refractivity contribution in [3.05, 3.63) is 29.6 Å². The van der Waals surface area contributed by atoms with Gasteiger partial charge >= 0.3 is 0 Å². The van der Waals surface area contributed by atoms with Crippen molar-refractivity contribution in [3.8, 4) is 0 Å². The Morgan fingerprint density at radius 2 is 2.12 bits per heavy atom. The van der Waals surface area contributed by atoms with Gasteiger partial charge in [-0.2, -0.15) is 0 Å². The number of benzene rings is 1. The number of nitrogens with one attached hydrogen (secondary N) is 2. The van der Waals surface area contributed by atoms with Crippen molar-refractivity contribution in [1.82, 2.24) is 20.2 Å². The molecule has 25 heavy (non-hydrogen) atoms. The smallest absolute Gasteiger partial charge is 0.242 e. The van der Waals surface area contributed by atoms with E-state index in [9.17, 15) is 18.8 Å². The summed E-state index contributed by atoms with van der Waals surface area (Å²) in [5, 5.41) is 4.26. The number of hydrogen-bond donors (Lipinski definition) is 2. The van der Waals surface area contributed by atoms with Crippen LogP contribution in [0.15, 0.2) is 18.2 Å². The van der Waals surface area contributed by atoms with Crippen LogP contribution in [0.3, 0.4) is 0 Å². The van der Waals surface area contributed by atoms with Crippen molar-refractivity contribution < 1.29 is 18.8 Å². The van der Waals surface area contributed by atoms with E-state index in [-0.39, 0.29) is 43.9 Å². The molecule has 1 aromatic rings. The van der Waals surface area contributed by atoms with Gasteiger partial charge in [0, 0.05) is 25.2 Å². The Morgan fingerprint density at radius 3 is 2.80 bits per heavy atom. The minimum Gasteiger partial charge on any atom is -0.388 e. The summed E-state index contributed by atoms with van der Waals surface area (Å²) in [5.74, 6) is -1.18. The summed E-state index contributed by atoms with van der Waals surface area (Å²) in [7, 11) is 1.68. The third-order valence-electron chi connectivity index (χ3n) is 4.50. The molecule has 3 rings (SSSR count). The van der Waals surface area contributed by atoms with Gasteiger partial charge in [-0.25, -0.2) is 9.82 Å². The van der Waals surface area contributed by atoms with Crippen LogP contribution in [0.4, 0.5) is 10.1 Å². The second kappa shape index (κ2) is 6.67. The Bertz CT molecular complexity index is 726. The number of anilines is 1. The number of amides is 3. The lowest BCUT2D eigenvalue weighted by molar-refractivity contribution is -0.171. The maximum atomic E-state index is 14.2. The van der Waals surface area contributed by atoms with E-state index in [0.717, 1.165) is 0 Å². The quantitative estimate of drug-likeness (QED) is 0.785. The molecule has 0 aromatic heterocycles. The second-order valence-electron chi connectivity index (χ2n) is 6.02. The number of nitrogens with zero attached hydrogens (tertiary/aromatic N) is 3. The van der Waals surface area contributed by atoms with Crippen LogP contribution < -0.4 is 10.7 Å². The van der Waals surface area contributed by atoms with Crippen molar-refractivity contribution in [2.75, 3.05) is 32.0 Å². The first-order valence-corrected chi connectivity index (χ1v) is 7.98. The van der Waals surface area contributed by atoms with E-state index in [0.29, 0.717) is 11.3 Å². The molecule has 1 atom stereocenters. The van der Waals surface area contributed by atoms with Crippen molar-refractivity contribution in [2.45, 2.75) is 19.6 Å². The Morgan fingerprint density at radius 1 is 1.36 bits per heavy atom. The molecule has 1 unspecified atom stereocenters. The number of fused-ring (bicyclic) bond motifs is 1. The first kappa shape index (κ1) is 17.2. The highest BCUT2D eigenvalue weighted by Gasteiger charge is 2.42. The molecule has 8 nitrogen and oxygen atoms in total. The van der Waals surface area contributed by atoms with Gasteiger partial charge in [0.15, 0.2) is 0 Å². The number of rotatable bonds is 3. The molecule has 2 N–H and O–H groups in total. The Balaban J connectivity index is 1.85. The van der Waals surface area contributed by atoms with Gasteiger partial charge in [-0.1, -0.05) is 6.07 Å². The van der Waals surface area contributed by atoms with Gasteiger partial charge in [0.25, 0.3) is 0 Å². The van der Waals surface area contributed by atoms with Gasteiger partial charge in [0.1, 0.15) is 18.5 Å². The highest BCUT2D eigenvalue weighted by Crippen LogP contribution is 2.24. The largest absolute Gasteiger partial charge is 0.388 e. The number of hydrogen-bond acceptors (Lipinski definition) is 5. The summed E-state index contributed by atoms with van der Waals surface area (Å²) < 4.78 is 14.2. The summed E-state index contributed by atoms with van der Waals surface area (Å²) in [5.41, 5.74) is 3.73. The van der Waals surface area contributed by atoms with Gasteiger partial charge in [0.2, 0.25) is 17.7 Å². The predicted octanol–water partition coefficient (Wildman–Crippen LogP) is -0.269. The lowest BCUT2D eigenvalue weighted by Crippen LogP contribution is -2.71. The zero-order valence-corrected chi connectivity index (χ0v) is 14.1. The van der Waals surface area contributed by atoms with Crippen LogP contribution in [0.2, 0.25) is 0 Å². The maximum absolute atomic E-state index is 14.2. The fourth-order valence-corrected chi connectivity index (χ4v) is 3.20. The highest BCUT2D eigenvalue weighted by molar-refractivity contribution is 5.89. The summed E-state index contributed by atoms with van der Waals surface area (Å²) in [6.07, 6.45) is -0.596. The SMILES string of the molecule is CNc1cccc(F)c1CN1CC2N(CC1=O)C(=O)CNN2C(C)=O. The predicted molar refractivity (Wildman–Crippen MR) is 87.4 cm³/mol. The van der Waals surface area contributed by atoms with E-state index < -0.39 is 12.0 Å². The van der Waals surface area contributed by atoms with E-state index >= 15 is 0 Å². The zero-order valence-electron chi connectivity index (χ0n) is 14.1. The van der Waals surface area contributed by atoms with Crippen LogP contribution in [0.1, 0.15) is 12.5 Å². The maximum Gasteiger partial charge on any atom is 0.242 e. The fourth-order valence-electron chi connectivity index (χ4n) is 3.20. The van der Waals surface area contributed by atoms with Crippen LogP contribution in [-0.4, -0.2) is 65.4 Å². The molecule has 2 aliphatic heterocycles. The Labute approximate surface area is 144 Å². The van der Waals surface area contributed by atoms with Crippen LogP contribution in [0.25, 0.3) is 0 Å². The summed E-state index contributed by atoms with van der Waals surface area (Å²) >= 11 is 0. The number of hydrazine groups is 1. The van der Waals surface area contributed by atoms with Gasteiger partial charge < -0.3 is 15.1 Å². The first-order chi connectivity index (χ1) is 11.9. The van der Waals surface area contributed by atoms with Crippen molar-refractivity contribution in [3.63, 3.8) is 0 Å². The molecule has 0 bridgehead atoms. The monoisotopic (exact) mass is 349 g/mol. The fraction of sp³-hybridized carbons (Fsp3) is 0.438. The number of piperazine rings is 1. The third-order valence-corrected chi connectivity index (χ3v) is 4.50. The van der Waals surface area contributed by atoms with Crippen LogP contribution >= 0.6 is 0 Å². The lowest BCUT2D eigenvalue weighted by Gasteiger charge is -2.48. The molecule has 0 aliphatic carbocycles. The minimum absolute atomic E-state index is 0.0272. The van der Waals surface area contributed by atoms with Crippen molar-refractivity contribution in [1.29, 1.82) is 0 Å². The van der Waals surface area contributed by atoms with Crippen LogP contribution in [0.5, 0.6) is 0 Å². The van der Waals surface area contributed by atoms with E-state index in [1.807, 2.05) is 0 Å². The van der Waals surface area contributed by atoms with Gasteiger partial charge in [-0.05, 0) is 12.1 Å². The second-order valence-corrected chi connectivity index (χ2v) is 6.02. The molecule has 134 valence electrons. The molecule has 9 heteroatoms. The molecule has 2 aliphatic rings. The molecule has 1 aromatic carbocycles. The van der Waals surface area contributed by atoms with Gasteiger partial charge in [-0.15, -0.1) is 0 Å². The molecule has 2 saturated heterocycles. The van der Waals surface area contributed by atoms with Crippen LogP contribution in [-0.2, 0) is 20.9 Å². The molecule has 2 fully saturated rings. The molecular formula is C16H20FN5O3. The molecule has 0 radical (unpaired) electrons. The molecule has 0 spiro atoms. The summed E-state index contributed by atoms with van der Waals surface area (Å²) in [6.45, 7) is 1.41. The van der Waals surface area contributed by atoms with E-state index in [1.54, 1.807) is 19.2 Å². The molecular weight excluding hydrogens is 329 g/mol. The van der Waals surface area contributed by atoms with Crippen LogP contribution in [0, 0.1) is 5.82 Å². The van der Waals surface area contributed by atoms with E-state index in [4.69, 9.17) is 0 Å². The molecule has 2 heterocycles. The Hall–Kier alpha value is -2.68. The average Bonchev–Trinajstić information content (AvgIpc) is 2.57. The van der Waals surface area contributed by atoms with Gasteiger partial charge in [0.05, 0.1) is 19.6 Å². The van der Waals surface area contributed by atoms with Crippen molar-refractivity contribution in [2.24, 2.45) is 0 Å². The number of halogens is 1. The Kier molecular flexibility index (Phi) is 4.58. The van der Waals surface area contributed by atoms with Crippen molar-refractivity contribution >= 4 is 23.4 Å². The molecule has 3 amide bonds. The minimum atomic E-state index is -0.596. The van der Waals surface area contributed by atoms with E-state index in [2.05, 4.69) is 10.7 Å². The normalized spacial score (nSPS) is 20.6. The lowest BCUT2D eigenvalue weighted by atomic mass is 10.1. The topological polar surface area (TPSA) is 85.0 Å².